The van der Waals surface area contributed by atoms with E-state index in [9.17, 15) is 4.79 Å². The third kappa shape index (κ3) is 3.57. The molecule has 0 fully saturated rings. The van der Waals surface area contributed by atoms with Gasteiger partial charge in [0, 0.05) is 12.7 Å². The smallest absolute Gasteiger partial charge is 0.311 e. The van der Waals surface area contributed by atoms with Crippen molar-refractivity contribution < 1.29 is 9.53 Å². The highest BCUT2D eigenvalue weighted by atomic mass is 16.5. The lowest BCUT2D eigenvalue weighted by atomic mass is 9.97. The zero-order valence-corrected chi connectivity index (χ0v) is 10.3. The SMILES string of the molecule is CNc1ccc(COC(=O)C(C)(C)C)cc1. The molecule has 16 heavy (non-hydrogen) atoms. The Labute approximate surface area is 96.8 Å². The Kier molecular flexibility index (Phi) is 3.93. The van der Waals surface area contributed by atoms with Crippen LogP contribution in [0, 0.1) is 5.41 Å². The number of benzene rings is 1. The second-order valence-electron chi connectivity index (χ2n) is 4.77. The summed E-state index contributed by atoms with van der Waals surface area (Å²) in [5, 5.41) is 3.04. The third-order valence-corrected chi connectivity index (χ3v) is 2.22. The summed E-state index contributed by atoms with van der Waals surface area (Å²) in [5.74, 6) is -0.176. The highest BCUT2D eigenvalue weighted by Crippen LogP contribution is 2.17. The Balaban J connectivity index is 2.52. The summed E-state index contributed by atoms with van der Waals surface area (Å²) in [6, 6.07) is 7.81. The zero-order chi connectivity index (χ0) is 12.2. The first kappa shape index (κ1) is 12.6. The molecule has 0 heterocycles. The lowest BCUT2D eigenvalue weighted by Gasteiger charge is -2.16. The van der Waals surface area contributed by atoms with Crippen molar-refractivity contribution >= 4 is 11.7 Å². The first-order chi connectivity index (χ1) is 7.43. The van der Waals surface area contributed by atoms with Gasteiger partial charge in [-0.2, -0.15) is 0 Å². The summed E-state index contributed by atoms with van der Waals surface area (Å²) >= 11 is 0. The molecule has 0 aliphatic carbocycles. The monoisotopic (exact) mass is 221 g/mol. The summed E-state index contributed by atoms with van der Waals surface area (Å²) in [6.45, 7) is 5.87. The molecule has 0 saturated heterocycles. The summed E-state index contributed by atoms with van der Waals surface area (Å²) in [6.07, 6.45) is 0. The van der Waals surface area contributed by atoms with E-state index in [1.54, 1.807) is 0 Å². The second-order valence-corrected chi connectivity index (χ2v) is 4.77. The lowest BCUT2D eigenvalue weighted by molar-refractivity contribution is -0.154. The van der Waals surface area contributed by atoms with Gasteiger partial charge in [0.2, 0.25) is 0 Å². The van der Waals surface area contributed by atoms with Gasteiger partial charge in [0.1, 0.15) is 6.61 Å². The van der Waals surface area contributed by atoms with Crippen LogP contribution >= 0.6 is 0 Å². The average molecular weight is 221 g/mol. The quantitative estimate of drug-likeness (QED) is 0.798. The number of hydrogen-bond donors (Lipinski definition) is 1. The fraction of sp³-hybridized carbons (Fsp3) is 0.462. The molecule has 1 N–H and O–H groups in total. The van der Waals surface area contributed by atoms with Crippen molar-refractivity contribution in [2.24, 2.45) is 5.41 Å². The molecule has 1 aromatic rings. The summed E-state index contributed by atoms with van der Waals surface area (Å²) < 4.78 is 5.21. The molecule has 0 atom stereocenters. The van der Waals surface area contributed by atoms with Crippen molar-refractivity contribution in [1.82, 2.24) is 0 Å². The molecule has 1 aromatic carbocycles. The van der Waals surface area contributed by atoms with E-state index in [4.69, 9.17) is 4.74 Å². The number of anilines is 1. The molecule has 0 saturated carbocycles. The molecule has 0 aliphatic rings. The minimum absolute atomic E-state index is 0.176. The standard InChI is InChI=1S/C13H19NO2/c1-13(2,3)12(15)16-9-10-5-7-11(14-4)8-6-10/h5-8,14H,9H2,1-4H3. The van der Waals surface area contributed by atoms with Gasteiger partial charge in [0.05, 0.1) is 5.41 Å². The van der Waals surface area contributed by atoms with Crippen LogP contribution in [0.4, 0.5) is 5.69 Å². The van der Waals surface area contributed by atoms with E-state index in [2.05, 4.69) is 5.32 Å². The molecular formula is C13H19NO2. The molecule has 0 bridgehead atoms. The van der Waals surface area contributed by atoms with E-state index < -0.39 is 5.41 Å². The van der Waals surface area contributed by atoms with Crippen LogP contribution in [0.25, 0.3) is 0 Å². The molecule has 3 nitrogen and oxygen atoms in total. The molecule has 3 heteroatoms. The normalized spacial score (nSPS) is 11.0. The van der Waals surface area contributed by atoms with E-state index in [0.717, 1.165) is 11.3 Å². The van der Waals surface area contributed by atoms with Crippen molar-refractivity contribution in [1.29, 1.82) is 0 Å². The Bertz CT molecular complexity index is 349. The number of carbonyl (C=O) groups is 1. The van der Waals surface area contributed by atoms with Gasteiger partial charge in [-0.25, -0.2) is 0 Å². The van der Waals surface area contributed by atoms with E-state index in [0.29, 0.717) is 6.61 Å². The Morgan fingerprint density at radius 1 is 1.25 bits per heavy atom. The van der Waals surface area contributed by atoms with Crippen molar-refractivity contribution in [2.75, 3.05) is 12.4 Å². The fourth-order valence-corrected chi connectivity index (χ4v) is 1.13. The van der Waals surface area contributed by atoms with E-state index in [-0.39, 0.29) is 5.97 Å². The van der Waals surface area contributed by atoms with Gasteiger partial charge >= 0.3 is 5.97 Å². The molecule has 88 valence electrons. The summed E-state index contributed by atoms with van der Waals surface area (Å²) in [4.78, 5) is 11.5. The fourth-order valence-electron chi connectivity index (χ4n) is 1.13. The van der Waals surface area contributed by atoms with Crippen LogP contribution in [0.3, 0.4) is 0 Å². The number of rotatable bonds is 3. The minimum atomic E-state index is -0.440. The van der Waals surface area contributed by atoms with Crippen molar-refractivity contribution in [3.05, 3.63) is 29.8 Å². The largest absolute Gasteiger partial charge is 0.460 e. The number of carbonyl (C=O) groups excluding carboxylic acids is 1. The average Bonchev–Trinajstić information content (AvgIpc) is 2.25. The van der Waals surface area contributed by atoms with Gasteiger partial charge in [-0.3, -0.25) is 4.79 Å². The van der Waals surface area contributed by atoms with Crippen molar-refractivity contribution in [2.45, 2.75) is 27.4 Å². The molecule has 0 aromatic heterocycles. The maximum atomic E-state index is 11.5. The van der Waals surface area contributed by atoms with Gasteiger partial charge < -0.3 is 10.1 Å². The number of nitrogens with one attached hydrogen (secondary N) is 1. The predicted octanol–water partition coefficient (Wildman–Crippen LogP) is 2.82. The Morgan fingerprint density at radius 2 is 1.81 bits per heavy atom. The van der Waals surface area contributed by atoms with E-state index in [1.807, 2.05) is 52.1 Å². The van der Waals surface area contributed by atoms with Crippen LogP contribution in [0.2, 0.25) is 0 Å². The van der Waals surface area contributed by atoms with E-state index in [1.165, 1.54) is 0 Å². The zero-order valence-electron chi connectivity index (χ0n) is 10.3. The van der Waals surface area contributed by atoms with Gasteiger partial charge in [0.25, 0.3) is 0 Å². The highest BCUT2D eigenvalue weighted by Gasteiger charge is 2.22. The Hall–Kier alpha value is -1.51. The predicted molar refractivity (Wildman–Crippen MR) is 65.2 cm³/mol. The number of hydrogen-bond acceptors (Lipinski definition) is 3. The van der Waals surface area contributed by atoms with Crippen LogP contribution in [-0.2, 0) is 16.1 Å². The molecule has 0 spiro atoms. The van der Waals surface area contributed by atoms with Crippen LogP contribution < -0.4 is 5.32 Å². The van der Waals surface area contributed by atoms with Gasteiger partial charge in [-0.05, 0) is 38.5 Å². The topological polar surface area (TPSA) is 38.3 Å². The first-order valence-electron chi connectivity index (χ1n) is 5.37. The second kappa shape index (κ2) is 5.01. The number of ether oxygens (including phenoxy) is 1. The molecular weight excluding hydrogens is 202 g/mol. The molecule has 0 radical (unpaired) electrons. The van der Waals surface area contributed by atoms with Crippen LogP contribution in [-0.4, -0.2) is 13.0 Å². The van der Waals surface area contributed by atoms with Crippen LogP contribution in [0.5, 0.6) is 0 Å². The summed E-state index contributed by atoms with van der Waals surface area (Å²) in [5.41, 5.74) is 1.60. The molecule has 0 amide bonds. The van der Waals surface area contributed by atoms with E-state index >= 15 is 0 Å². The highest BCUT2D eigenvalue weighted by molar-refractivity contribution is 5.75. The maximum absolute atomic E-state index is 11.5. The molecule has 1 rings (SSSR count). The number of esters is 1. The minimum Gasteiger partial charge on any atom is -0.460 e. The van der Waals surface area contributed by atoms with Gasteiger partial charge in [-0.1, -0.05) is 12.1 Å². The molecule has 0 unspecified atom stereocenters. The summed E-state index contributed by atoms with van der Waals surface area (Å²) in [7, 11) is 1.87. The first-order valence-corrected chi connectivity index (χ1v) is 5.37. The Morgan fingerprint density at radius 3 is 2.25 bits per heavy atom. The molecule has 0 aliphatic heterocycles. The van der Waals surface area contributed by atoms with Gasteiger partial charge in [0.15, 0.2) is 0 Å². The van der Waals surface area contributed by atoms with Gasteiger partial charge in [-0.15, -0.1) is 0 Å². The van der Waals surface area contributed by atoms with Crippen molar-refractivity contribution in [3.8, 4) is 0 Å². The maximum Gasteiger partial charge on any atom is 0.311 e. The lowest BCUT2D eigenvalue weighted by Crippen LogP contribution is -2.22. The van der Waals surface area contributed by atoms with Crippen LogP contribution in [0.15, 0.2) is 24.3 Å². The van der Waals surface area contributed by atoms with Crippen molar-refractivity contribution in [3.63, 3.8) is 0 Å². The van der Waals surface area contributed by atoms with Crippen LogP contribution in [0.1, 0.15) is 26.3 Å². The third-order valence-electron chi connectivity index (χ3n) is 2.22.